The highest BCUT2D eigenvalue weighted by Gasteiger charge is 2.14. The summed E-state index contributed by atoms with van der Waals surface area (Å²) in [6.07, 6.45) is 0.670. The van der Waals surface area contributed by atoms with Crippen LogP contribution < -0.4 is 0 Å². The molecule has 0 fully saturated rings. The largest absolute Gasteiger partial charge is 0.298 e. The van der Waals surface area contributed by atoms with Gasteiger partial charge in [0.15, 0.2) is 6.29 Å². The highest BCUT2D eigenvalue weighted by molar-refractivity contribution is 6.45. The Labute approximate surface area is 123 Å². The Morgan fingerprint density at radius 1 is 1.06 bits per heavy atom. The van der Waals surface area contributed by atoms with E-state index in [1.807, 2.05) is 0 Å². The third kappa shape index (κ3) is 2.62. The molecule has 18 heavy (non-hydrogen) atoms. The average molecular weight is 321 g/mol. The molecular formula is C12H5Cl4NO. The first kappa shape index (κ1) is 13.6. The van der Waals surface area contributed by atoms with Gasteiger partial charge in [0.2, 0.25) is 0 Å². The molecule has 0 aliphatic heterocycles. The van der Waals surface area contributed by atoms with Crippen molar-refractivity contribution in [3.05, 3.63) is 50.0 Å². The minimum Gasteiger partial charge on any atom is -0.298 e. The number of benzene rings is 1. The van der Waals surface area contributed by atoms with E-state index in [4.69, 9.17) is 46.4 Å². The lowest BCUT2D eigenvalue weighted by Gasteiger charge is -2.09. The van der Waals surface area contributed by atoms with E-state index in [1.165, 1.54) is 12.1 Å². The average Bonchev–Trinajstić information content (AvgIpc) is 2.33. The van der Waals surface area contributed by atoms with Crippen molar-refractivity contribution < 1.29 is 4.79 Å². The van der Waals surface area contributed by atoms with E-state index in [-0.39, 0.29) is 15.2 Å². The molecule has 2 rings (SSSR count). The van der Waals surface area contributed by atoms with Gasteiger partial charge in [-0.25, -0.2) is 4.98 Å². The molecule has 2 aromatic rings. The number of aromatic nitrogens is 1. The fraction of sp³-hybridized carbons (Fsp3) is 0. The molecule has 0 atom stereocenters. The zero-order chi connectivity index (χ0) is 13.3. The van der Waals surface area contributed by atoms with Crippen molar-refractivity contribution in [2.45, 2.75) is 0 Å². The van der Waals surface area contributed by atoms with Crippen LogP contribution in [0.1, 0.15) is 10.4 Å². The smallest absolute Gasteiger partial charge is 0.152 e. The molecule has 0 unspecified atom stereocenters. The molecule has 2 nitrogen and oxygen atoms in total. The fourth-order valence-electron chi connectivity index (χ4n) is 1.49. The monoisotopic (exact) mass is 319 g/mol. The molecular weight excluding hydrogens is 316 g/mol. The predicted molar refractivity (Wildman–Crippen MR) is 75.1 cm³/mol. The van der Waals surface area contributed by atoms with Crippen molar-refractivity contribution in [1.82, 2.24) is 4.98 Å². The van der Waals surface area contributed by atoms with Gasteiger partial charge < -0.3 is 0 Å². The van der Waals surface area contributed by atoms with Crippen LogP contribution in [0.2, 0.25) is 20.2 Å². The topological polar surface area (TPSA) is 30.0 Å². The van der Waals surface area contributed by atoms with Gasteiger partial charge in [-0.1, -0.05) is 46.4 Å². The van der Waals surface area contributed by atoms with Gasteiger partial charge in [-0.2, -0.15) is 0 Å². The molecule has 0 aliphatic carbocycles. The summed E-state index contributed by atoms with van der Waals surface area (Å²) in [4.78, 5) is 15.1. The van der Waals surface area contributed by atoms with E-state index < -0.39 is 0 Å². The highest BCUT2D eigenvalue weighted by Crippen LogP contribution is 2.37. The molecule has 1 aromatic heterocycles. The lowest BCUT2D eigenvalue weighted by Crippen LogP contribution is -1.93. The van der Waals surface area contributed by atoms with E-state index in [1.54, 1.807) is 12.1 Å². The summed E-state index contributed by atoms with van der Waals surface area (Å²) in [7, 11) is 0. The molecule has 0 radical (unpaired) electrons. The standard InChI is InChI=1S/C12H5Cl4NO/c13-7-3-8(11(16)9(14)4-7)12-6(5-18)1-2-10(15)17-12/h1-5H. The molecule has 1 heterocycles. The van der Waals surface area contributed by atoms with E-state index in [2.05, 4.69) is 4.98 Å². The van der Waals surface area contributed by atoms with Crippen LogP contribution in [0.5, 0.6) is 0 Å². The maximum Gasteiger partial charge on any atom is 0.152 e. The van der Waals surface area contributed by atoms with Crippen molar-refractivity contribution in [1.29, 1.82) is 0 Å². The van der Waals surface area contributed by atoms with Gasteiger partial charge in [-0.05, 0) is 24.3 Å². The lowest BCUT2D eigenvalue weighted by atomic mass is 10.1. The third-order valence-corrected chi connectivity index (χ3v) is 3.50. The molecule has 0 aliphatic rings. The maximum absolute atomic E-state index is 11.0. The van der Waals surface area contributed by atoms with Gasteiger partial charge in [-0.3, -0.25) is 4.79 Å². The van der Waals surface area contributed by atoms with Crippen molar-refractivity contribution in [2.24, 2.45) is 0 Å². The SMILES string of the molecule is O=Cc1ccc(Cl)nc1-c1cc(Cl)cc(Cl)c1Cl. The molecule has 0 amide bonds. The maximum atomic E-state index is 11.0. The summed E-state index contributed by atoms with van der Waals surface area (Å²) in [5.41, 5.74) is 1.19. The number of aldehydes is 1. The van der Waals surface area contributed by atoms with Gasteiger partial charge in [0.25, 0.3) is 0 Å². The number of nitrogens with zero attached hydrogens (tertiary/aromatic N) is 1. The molecule has 0 spiro atoms. The van der Waals surface area contributed by atoms with Crippen LogP contribution in [0.3, 0.4) is 0 Å². The zero-order valence-electron chi connectivity index (χ0n) is 8.75. The second-order valence-corrected chi connectivity index (χ2v) is 5.05. The summed E-state index contributed by atoms with van der Waals surface area (Å²) in [5, 5.41) is 1.22. The number of carbonyl (C=O) groups excluding carboxylic acids is 1. The van der Waals surface area contributed by atoms with Crippen molar-refractivity contribution >= 4 is 52.7 Å². The number of pyridine rings is 1. The van der Waals surface area contributed by atoms with Gasteiger partial charge in [0, 0.05) is 16.1 Å². The zero-order valence-corrected chi connectivity index (χ0v) is 11.8. The van der Waals surface area contributed by atoms with Gasteiger partial charge >= 0.3 is 0 Å². The Kier molecular flexibility index (Phi) is 4.13. The highest BCUT2D eigenvalue weighted by atomic mass is 35.5. The third-order valence-electron chi connectivity index (χ3n) is 2.27. The van der Waals surface area contributed by atoms with Crippen LogP contribution in [-0.2, 0) is 0 Å². The van der Waals surface area contributed by atoms with Crippen LogP contribution in [0.25, 0.3) is 11.3 Å². The Bertz CT molecular complexity index is 628. The summed E-state index contributed by atoms with van der Waals surface area (Å²) >= 11 is 23.8. The minimum absolute atomic E-state index is 0.253. The van der Waals surface area contributed by atoms with Crippen LogP contribution >= 0.6 is 46.4 Å². The second kappa shape index (κ2) is 5.45. The molecule has 92 valence electrons. The predicted octanol–water partition coefficient (Wildman–Crippen LogP) is 5.17. The quantitative estimate of drug-likeness (QED) is 0.434. The Hall–Kier alpha value is -0.800. The van der Waals surface area contributed by atoms with Gasteiger partial charge in [0.05, 0.1) is 15.7 Å². The van der Waals surface area contributed by atoms with E-state index in [0.29, 0.717) is 28.1 Å². The molecule has 0 bridgehead atoms. The Morgan fingerprint density at radius 2 is 1.78 bits per heavy atom. The fourth-order valence-corrected chi connectivity index (χ4v) is 2.32. The normalized spacial score (nSPS) is 10.4. The van der Waals surface area contributed by atoms with E-state index in [9.17, 15) is 4.79 Å². The first-order valence-corrected chi connectivity index (χ1v) is 6.30. The number of rotatable bonds is 2. The first-order valence-electron chi connectivity index (χ1n) is 4.79. The number of hydrogen-bond acceptors (Lipinski definition) is 2. The van der Waals surface area contributed by atoms with Crippen LogP contribution in [-0.4, -0.2) is 11.3 Å². The second-order valence-electron chi connectivity index (χ2n) is 3.44. The molecule has 0 saturated carbocycles. The summed E-state index contributed by atoms with van der Waals surface area (Å²) < 4.78 is 0. The molecule has 1 aromatic carbocycles. The number of halogens is 4. The van der Waals surface area contributed by atoms with Crippen LogP contribution in [0, 0.1) is 0 Å². The van der Waals surface area contributed by atoms with E-state index in [0.717, 1.165) is 0 Å². The molecule has 6 heteroatoms. The molecule has 0 N–H and O–H groups in total. The number of hydrogen-bond donors (Lipinski definition) is 0. The Balaban J connectivity index is 2.75. The van der Waals surface area contributed by atoms with Crippen molar-refractivity contribution in [2.75, 3.05) is 0 Å². The van der Waals surface area contributed by atoms with Gasteiger partial charge in [-0.15, -0.1) is 0 Å². The molecule has 0 saturated heterocycles. The summed E-state index contributed by atoms with van der Waals surface area (Å²) in [5.74, 6) is 0. The number of carbonyl (C=O) groups is 1. The van der Waals surface area contributed by atoms with Crippen LogP contribution in [0.4, 0.5) is 0 Å². The van der Waals surface area contributed by atoms with Crippen molar-refractivity contribution in [3.63, 3.8) is 0 Å². The minimum atomic E-state index is 0.253. The lowest BCUT2D eigenvalue weighted by molar-refractivity contribution is 0.112. The Morgan fingerprint density at radius 3 is 2.44 bits per heavy atom. The van der Waals surface area contributed by atoms with Crippen LogP contribution in [0.15, 0.2) is 24.3 Å². The summed E-state index contributed by atoms with van der Waals surface area (Å²) in [6, 6.07) is 6.18. The first-order chi connectivity index (χ1) is 8.52. The van der Waals surface area contributed by atoms with Crippen molar-refractivity contribution in [3.8, 4) is 11.3 Å². The summed E-state index contributed by atoms with van der Waals surface area (Å²) in [6.45, 7) is 0. The van der Waals surface area contributed by atoms with Gasteiger partial charge in [0.1, 0.15) is 5.15 Å². The van der Waals surface area contributed by atoms with E-state index >= 15 is 0 Å².